The third-order valence-electron chi connectivity index (χ3n) is 4.43. The number of carbonyl (C=O) groups excluding carboxylic acids is 1. The zero-order valence-corrected chi connectivity index (χ0v) is 17.5. The molecule has 0 N–H and O–H groups in total. The van der Waals surface area contributed by atoms with Crippen molar-refractivity contribution in [3.05, 3.63) is 70.2 Å². The van der Waals surface area contributed by atoms with Crippen LogP contribution in [0.5, 0.6) is 0 Å². The van der Waals surface area contributed by atoms with Gasteiger partial charge in [0, 0.05) is 11.1 Å². The lowest BCUT2D eigenvalue weighted by Gasteiger charge is -2.05. The number of carbonyl (C=O) groups is 1. The first-order chi connectivity index (χ1) is 13.5. The molecule has 2 heterocycles. The number of aromatic nitrogens is 3. The molecule has 0 atom stereocenters. The summed E-state index contributed by atoms with van der Waals surface area (Å²) in [6, 6.07) is 15.9. The molecular formula is C22H19N3OS2. The highest BCUT2D eigenvalue weighted by Gasteiger charge is 2.17. The Morgan fingerprint density at radius 2 is 1.57 bits per heavy atom. The zero-order valence-electron chi connectivity index (χ0n) is 15.9. The van der Waals surface area contributed by atoms with E-state index in [1.807, 2.05) is 38.1 Å². The van der Waals surface area contributed by atoms with Crippen molar-refractivity contribution >= 4 is 39.1 Å². The maximum Gasteiger partial charge on any atom is 0.173 e. The summed E-state index contributed by atoms with van der Waals surface area (Å²) in [6.45, 7) is 6.05. The normalized spacial score (nSPS) is 11.1. The summed E-state index contributed by atoms with van der Waals surface area (Å²) in [6.07, 6.45) is 0. The molecule has 0 unspecified atom stereocenters. The number of hydrogen-bond acceptors (Lipinski definition) is 6. The van der Waals surface area contributed by atoms with Crippen molar-refractivity contribution in [1.29, 1.82) is 0 Å². The number of fused-ring (bicyclic) bond motifs is 1. The Labute approximate surface area is 172 Å². The molecule has 6 heteroatoms. The second-order valence-electron chi connectivity index (χ2n) is 6.71. The Balaban J connectivity index is 1.63. The molecule has 0 aliphatic rings. The minimum absolute atomic E-state index is 0.0783. The van der Waals surface area contributed by atoms with E-state index < -0.39 is 0 Å². The van der Waals surface area contributed by atoms with E-state index in [1.165, 1.54) is 17.3 Å². The molecule has 0 aliphatic carbocycles. The quantitative estimate of drug-likeness (QED) is 0.317. The van der Waals surface area contributed by atoms with Crippen LogP contribution < -0.4 is 0 Å². The highest BCUT2D eigenvalue weighted by molar-refractivity contribution is 8.00. The molecule has 0 saturated heterocycles. The first kappa shape index (κ1) is 18.8. The number of hydrogen-bond donors (Lipinski definition) is 0. The molecule has 4 rings (SSSR count). The second kappa shape index (κ2) is 7.81. The van der Waals surface area contributed by atoms with Crippen LogP contribution in [0, 0.1) is 20.8 Å². The number of Topliss-reactive ketones (excluding diaryl/α,β-unsaturated/α-hetero) is 1. The zero-order chi connectivity index (χ0) is 19.7. The van der Waals surface area contributed by atoms with Gasteiger partial charge in [0.1, 0.15) is 16.2 Å². The van der Waals surface area contributed by atoms with Gasteiger partial charge in [-0.3, -0.25) is 4.79 Å². The molecule has 0 saturated carbocycles. The molecule has 0 spiro atoms. The van der Waals surface area contributed by atoms with Crippen LogP contribution in [0.4, 0.5) is 0 Å². The summed E-state index contributed by atoms with van der Waals surface area (Å²) in [4.78, 5) is 17.2. The van der Waals surface area contributed by atoms with Crippen LogP contribution in [0.25, 0.3) is 21.5 Å². The molecule has 0 fully saturated rings. The fraction of sp³-hybridized carbons (Fsp3) is 0.182. The third-order valence-corrected chi connectivity index (χ3v) is 6.36. The first-order valence-electron chi connectivity index (χ1n) is 8.95. The minimum atomic E-state index is 0.0783. The van der Waals surface area contributed by atoms with Gasteiger partial charge in [-0.1, -0.05) is 71.4 Å². The van der Waals surface area contributed by atoms with Gasteiger partial charge >= 0.3 is 0 Å². The largest absolute Gasteiger partial charge is 0.293 e. The van der Waals surface area contributed by atoms with Crippen LogP contribution in [-0.4, -0.2) is 26.7 Å². The predicted molar refractivity (Wildman–Crippen MR) is 116 cm³/mol. The number of aryl methyl sites for hydroxylation is 3. The van der Waals surface area contributed by atoms with Gasteiger partial charge in [-0.05, 0) is 20.8 Å². The summed E-state index contributed by atoms with van der Waals surface area (Å²) >= 11 is 3.01. The molecule has 0 bridgehead atoms. The van der Waals surface area contributed by atoms with E-state index in [9.17, 15) is 4.79 Å². The van der Waals surface area contributed by atoms with Gasteiger partial charge in [0.2, 0.25) is 0 Å². The van der Waals surface area contributed by atoms with Crippen LogP contribution in [0.15, 0.2) is 53.6 Å². The van der Waals surface area contributed by atoms with E-state index >= 15 is 0 Å². The summed E-state index contributed by atoms with van der Waals surface area (Å²) in [7, 11) is 0. The third kappa shape index (κ3) is 3.84. The van der Waals surface area contributed by atoms with Crippen molar-refractivity contribution in [1.82, 2.24) is 15.2 Å². The molecule has 0 aliphatic heterocycles. The smallest absolute Gasteiger partial charge is 0.173 e. The number of thiazole rings is 1. The number of ketones is 1. The Morgan fingerprint density at radius 3 is 2.25 bits per heavy atom. The monoisotopic (exact) mass is 405 g/mol. The maximum absolute atomic E-state index is 12.5. The number of benzene rings is 2. The summed E-state index contributed by atoms with van der Waals surface area (Å²) in [5.74, 6) is 0.391. The van der Waals surface area contributed by atoms with Gasteiger partial charge in [-0.25, -0.2) is 4.98 Å². The van der Waals surface area contributed by atoms with E-state index in [0.717, 1.165) is 32.0 Å². The van der Waals surface area contributed by atoms with Crippen molar-refractivity contribution in [2.75, 3.05) is 5.75 Å². The molecular weight excluding hydrogens is 386 g/mol. The Morgan fingerprint density at radius 1 is 0.929 bits per heavy atom. The summed E-state index contributed by atoms with van der Waals surface area (Å²) < 4.78 is 1.02. The van der Waals surface area contributed by atoms with Crippen molar-refractivity contribution < 1.29 is 4.79 Å². The molecule has 2 aromatic carbocycles. The molecule has 0 radical (unpaired) electrons. The average Bonchev–Trinajstić information content (AvgIpc) is 3.09. The van der Waals surface area contributed by atoms with E-state index in [1.54, 1.807) is 11.3 Å². The fourth-order valence-corrected chi connectivity index (χ4v) is 4.68. The van der Waals surface area contributed by atoms with Crippen LogP contribution in [0.1, 0.15) is 26.5 Å². The molecule has 4 aromatic rings. The maximum atomic E-state index is 12.5. The molecule has 4 nitrogen and oxygen atoms in total. The lowest BCUT2D eigenvalue weighted by atomic mass is 10.1. The number of rotatable bonds is 5. The van der Waals surface area contributed by atoms with Crippen LogP contribution >= 0.6 is 23.1 Å². The number of thioether (sulfide) groups is 1. The molecule has 2 aromatic heterocycles. The van der Waals surface area contributed by atoms with E-state index in [-0.39, 0.29) is 5.78 Å². The van der Waals surface area contributed by atoms with Crippen molar-refractivity contribution in [2.45, 2.75) is 25.8 Å². The minimum Gasteiger partial charge on any atom is -0.293 e. The molecule has 0 amide bonds. The summed E-state index contributed by atoms with van der Waals surface area (Å²) in [5.41, 5.74) is 5.76. The van der Waals surface area contributed by atoms with E-state index in [4.69, 9.17) is 0 Å². The number of nitrogens with zero attached hydrogens (tertiary/aromatic N) is 3. The van der Waals surface area contributed by atoms with Crippen molar-refractivity contribution in [3.63, 3.8) is 0 Å². The van der Waals surface area contributed by atoms with Gasteiger partial charge < -0.3 is 0 Å². The Bertz CT molecular complexity index is 1150. The van der Waals surface area contributed by atoms with Crippen molar-refractivity contribution in [2.24, 2.45) is 0 Å². The topological polar surface area (TPSA) is 55.7 Å². The van der Waals surface area contributed by atoms with Crippen LogP contribution in [0.3, 0.4) is 0 Å². The Hall–Kier alpha value is -2.57. The molecule has 140 valence electrons. The highest BCUT2D eigenvalue weighted by Crippen LogP contribution is 2.35. The second-order valence-corrected chi connectivity index (χ2v) is 8.88. The first-order valence-corrected chi connectivity index (χ1v) is 10.7. The SMILES string of the molecule is Cc1ccc(C(=O)CSc2nnc(-c3ccc(C)cc3)c3sc(C)nc23)cc1. The standard InChI is InChI=1S/C22H19N3OS2/c1-13-4-8-16(9-5-13)18(26)12-27-22-20-21(28-15(3)23-20)19(24-25-22)17-10-6-14(2)7-11-17/h4-11H,12H2,1-3H3. The van der Waals surface area contributed by atoms with Gasteiger partial charge in [-0.2, -0.15) is 0 Å². The van der Waals surface area contributed by atoms with Crippen molar-refractivity contribution in [3.8, 4) is 11.3 Å². The van der Waals surface area contributed by atoms with Crippen LogP contribution in [0.2, 0.25) is 0 Å². The van der Waals surface area contributed by atoms with Gasteiger partial charge in [0.25, 0.3) is 0 Å². The van der Waals surface area contributed by atoms with Gasteiger partial charge in [0.05, 0.1) is 15.5 Å². The average molecular weight is 406 g/mol. The van der Waals surface area contributed by atoms with Crippen LogP contribution in [-0.2, 0) is 0 Å². The van der Waals surface area contributed by atoms with Gasteiger partial charge in [-0.15, -0.1) is 21.5 Å². The summed E-state index contributed by atoms with van der Waals surface area (Å²) in [5, 5.41) is 10.5. The van der Waals surface area contributed by atoms with E-state index in [0.29, 0.717) is 16.3 Å². The lowest BCUT2D eigenvalue weighted by molar-refractivity contribution is 0.102. The Kier molecular flexibility index (Phi) is 5.24. The molecule has 28 heavy (non-hydrogen) atoms. The highest BCUT2D eigenvalue weighted by atomic mass is 32.2. The van der Waals surface area contributed by atoms with E-state index in [2.05, 4.69) is 46.4 Å². The lowest BCUT2D eigenvalue weighted by Crippen LogP contribution is -2.03. The van der Waals surface area contributed by atoms with Gasteiger partial charge in [0.15, 0.2) is 5.78 Å². The predicted octanol–water partition coefficient (Wildman–Crippen LogP) is 5.65. The fourth-order valence-electron chi connectivity index (χ4n) is 2.87.